The minimum atomic E-state index is 0.134. The molecule has 2 aromatic rings. The van der Waals surface area contributed by atoms with Gasteiger partial charge in [0, 0.05) is 23.0 Å². The van der Waals surface area contributed by atoms with Crippen LogP contribution in [0.2, 0.25) is 0 Å². The number of fused-ring (bicyclic) bond motifs is 1. The molecule has 0 aliphatic carbocycles. The Labute approximate surface area is 145 Å². The van der Waals surface area contributed by atoms with Gasteiger partial charge in [-0.1, -0.05) is 32.0 Å². The number of hydrogen-bond donors (Lipinski definition) is 2. The summed E-state index contributed by atoms with van der Waals surface area (Å²) >= 11 is 0. The SMILES string of the molecule is CCC1CC(C)(CC)Nc2c(OC)cc(Nc3ccccc3)cc21. The van der Waals surface area contributed by atoms with Gasteiger partial charge >= 0.3 is 0 Å². The van der Waals surface area contributed by atoms with Crippen LogP contribution in [-0.2, 0) is 0 Å². The van der Waals surface area contributed by atoms with E-state index in [1.165, 1.54) is 11.3 Å². The summed E-state index contributed by atoms with van der Waals surface area (Å²) in [6.07, 6.45) is 3.41. The molecule has 2 unspecified atom stereocenters. The first-order chi connectivity index (χ1) is 11.6. The molecule has 2 N–H and O–H groups in total. The largest absolute Gasteiger partial charge is 0.495 e. The van der Waals surface area contributed by atoms with E-state index in [1.807, 2.05) is 18.2 Å². The molecule has 3 nitrogen and oxygen atoms in total. The molecule has 0 bridgehead atoms. The van der Waals surface area contributed by atoms with Crippen LogP contribution in [0.3, 0.4) is 0 Å². The topological polar surface area (TPSA) is 33.3 Å². The van der Waals surface area contributed by atoms with Gasteiger partial charge in [0.05, 0.1) is 12.8 Å². The number of para-hydroxylation sites is 1. The summed E-state index contributed by atoms with van der Waals surface area (Å²) in [6.45, 7) is 6.84. The van der Waals surface area contributed by atoms with Crippen LogP contribution in [0.25, 0.3) is 0 Å². The second kappa shape index (κ2) is 6.76. The third kappa shape index (κ3) is 3.21. The minimum Gasteiger partial charge on any atom is -0.495 e. The monoisotopic (exact) mass is 324 g/mol. The summed E-state index contributed by atoms with van der Waals surface area (Å²) in [4.78, 5) is 0. The Hall–Kier alpha value is -2.16. The Morgan fingerprint density at radius 3 is 2.54 bits per heavy atom. The lowest BCUT2D eigenvalue weighted by Gasteiger charge is -2.41. The first-order valence-electron chi connectivity index (χ1n) is 8.90. The second-order valence-corrected chi connectivity index (χ2v) is 6.98. The highest BCUT2D eigenvalue weighted by Crippen LogP contribution is 2.47. The molecule has 1 aliphatic heterocycles. The van der Waals surface area contributed by atoms with E-state index in [0.29, 0.717) is 5.92 Å². The van der Waals surface area contributed by atoms with Crippen LogP contribution >= 0.6 is 0 Å². The highest BCUT2D eigenvalue weighted by molar-refractivity contribution is 5.74. The normalized spacial score (nSPS) is 22.4. The van der Waals surface area contributed by atoms with Gasteiger partial charge in [-0.3, -0.25) is 0 Å². The van der Waals surface area contributed by atoms with Crippen molar-refractivity contribution in [1.29, 1.82) is 0 Å². The lowest BCUT2D eigenvalue weighted by molar-refractivity contribution is 0.375. The number of benzene rings is 2. The molecule has 1 heterocycles. The van der Waals surface area contributed by atoms with E-state index in [0.717, 1.165) is 36.4 Å². The van der Waals surface area contributed by atoms with Gasteiger partial charge in [-0.2, -0.15) is 0 Å². The molecular weight excluding hydrogens is 296 g/mol. The molecule has 1 aliphatic rings. The molecule has 2 aromatic carbocycles. The standard InChI is InChI=1S/C21H28N2O/c1-5-15-14-21(3,6-2)23-20-18(15)12-17(13-19(20)24-4)22-16-10-8-7-9-11-16/h7-13,15,22-23H,5-6,14H2,1-4H3. The zero-order valence-corrected chi connectivity index (χ0v) is 15.1. The number of anilines is 3. The zero-order valence-electron chi connectivity index (χ0n) is 15.1. The molecule has 0 saturated carbocycles. The van der Waals surface area contributed by atoms with Gasteiger partial charge in [0.15, 0.2) is 0 Å². The Kier molecular flexibility index (Phi) is 4.70. The van der Waals surface area contributed by atoms with Crippen LogP contribution in [-0.4, -0.2) is 12.6 Å². The molecule has 0 spiro atoms. The predicted octanol–water partition coefficient (Wildman–Crippen LogP) is 5.92. The quantitative estimate of drug-likeness (QED) is 0.716. The maximum Gasteiger partial charge on any atom is 0.144 e. The molecule has 2 atom stereocenters. The van der Waals surface area contributed by atoms with Crippen LogP contribution < -0.4 is 15.4 Å². The summed E-state index contributed by atoms with van der Waals surface area (Å²) in [5.41, 5.74) is 4.83. The number of ether oxygens (including phenoxy) is 1. The van der Waals surface area contributed by atoms with Crippen LogP contribution in [0, 0.1) is 0 Å². The summed E-state index contributed by atoms with van der Waals surface area (Å²) in [5, 5.41) is 7.25. The Bertz CT molecular complexity index is 698. The fourth-order valence-corrected chi connectivity index (χ4v) is 3.62. The van der Waals surface area contributed by atoms with Gasteiger partial charge in [-0.05, 0) is 55.9 Å². The maximum absolute atomic E-state index is 5.72. The maximum atomic E-state index is 5.72. The van der Waals surface area contributed by atoms with Gasteiger partial charge < -0.3 is 15.4 Å². The number of methoxy groups -OCH3 is 1. The molecule has 0 radical (unpaired) electrons. The Morgan fingerprint density at radius 1 is 1.17 bits per heavy atom. The van der Waals surface area contributed by atoms with Gasteiger partial charge in [0.25, 0.3) is 0 Å². The average molecular weight is 324 g/mol. The van der Waals surface area contributed by atoms with Crippen molar-refractivity contribution in [2.75, 3.05) is 17.7 Å². The number of hydrogen-bond acceptors (Lipinski definition) is 3. The summed E-state index contributed by atoms with van der Waals surface area (Å²) < 4.78 is 5.72. The van der Waals surface area contributed by atoms with E-state index in [1.54, 1.807) is 7.11 Å². The van der Waals surface area contributed by atoms with Crippen molar-refractivity contribution in [2.24, 2.45) is 0 Å². The molecular formula is C21H28N2O. The Morgan fingerprint density at radius 2 is 1.92 bits per heavy atom. The van der Waals surface area contributed by atoms with E-state index < -0.39 is 0 Å². The molecule has 0 saturated heterocycles. The first-order valence-corrected chi connectivity index (χ1v) is 8.90. The molecule has 24 heavy (non-hydrogen) atoms. The lowest BCUT2D eigenvalue weighted by Crippen LogP contribution is -2.39. The lowest BCUT2D eigenvalue weighted by atomic mass is 9.77. The van der Waals surface area contributed by atoms with E-state index in [9.17, 15) is 0 Å². The summed E-state index contributed by atoms with van der Waals surface area (Å²) in [7, 11) is 1.75. The molecule has 0 amide bonds. The third-order valence-electron chi connectivity index (χ3n) is 5.25. The smallest absolute Gasteiger partial charge is 0.144 e. The van der Waals surface area contributed by atoms with Crippen molar-refractivity contribution in [3.8, 4) is 5.75 Å². The fourth-order valence-electron chi connectivity index (χ4n) is 3.62. The van der Waals surface area contributed by atoms with Gasteiger partial charge in [0.2, 0.25) is 0 Å². The van der Waals surface area contributed by atoms with Crippen molar-refractivity contribution in [3.63, 3.8) is 0 Å². The van der Waals surface area contributed by atoms with Crippen LogP contribution in [0.1, 0.15) is 51.5 Å². The Balaban J connectivity index is 2.02. The fraction of sp³-hybridized carbons (Fsp3) is 0.429. The van der Waals surface area contributed by atoms with Gasteiger partial charge in [-0.25, -0.2) is 0 Å². The summed E-state index contributed by atoms with van der Waals surface area (Å²) in [5.74, 6) is 1.47. The molecule has 128 valence electrons. The van der Waals surface area contributed by atoms with Crippen molar-refractivity contribution in [1.82, 2.24) is 0 Å². The van der Waals surface area contributed by atoms with E-state index in [4.69, 9.17) is 4.74 Å². The highest BCUT2D eigenvalue weighted by atomic mass is 16.5. The molecule has 0 fully saturated rings. The van der Waals surface area contributed by atoms with E-state index in [-0.39, 0.29) is 5.54 Å². The number of rotatable bonds is 5. The molecule has 3 heteroatoms. The van der Waals surface area contributed by atoms with Gasteiger partial charge in [-0.15, -0.1) is 0 Å². The van der Waals surface area contributed by atoms with Crippen molar-refractivity contribution >= 4 is 17.1 Å². The summed E-state index contributed by atoms with van der Waals surface area (Å²) in [6, 6.07) is 14.6. The number of nitrogens with one attached hydrogen (secondary N) is 2. The van der Waals surface area contributed by atoms with Crippen LogP contribution in [0.4, 0.5) is 17.1 Å². The van der Waals surface area contributed by atoms with E-state index in [2.05, 4.69) is 55.7 Å². The average Bonchev–Trinajstić information content (AvgIpc) is 2.61. The predicted molar refractivity (Wildman–Crippen MR) is 103 cm³/mol. The molecule has 3 rings (SSSR count). The molecule has 0 aromatic heterocycles. The van der Waals surface area contributed by atoms with Crippen molar-refractivity contribution in [3.05, 3.63) is 48.0 Å². The van der Waals surface area contributed by atoms with Crippen molar-refractivity contribution in [2.45, 2.75) is 51.5 Å². The highest BCUT2D eigenvalue weighted by Gasteiger charge is 2.35. The zero-order chi connectivity index (χ0) is 17.2. The van der Waals surface area contributed by atoms with E-state index >= 15 is 0 Å². The van der Waals surface area contributed by atoms with Gasteiger partial charge in [0.1, 0.15) is 5.75 Å². The minimum absolute atomic E-state index is 0.134. The van der Waals surface area contributed by atoms with Crippen molar-refractivity contribution < 1.29 is 4.74 Å². The first kappa shape index (κ1) is 16.7. The third-order valence-corrected chi connectivity index (χ3v) is 5.25. The van der Waals surface area contributed by atoms with Crippen LogP contribution in [0.15, 0.2) is 42.5 Å². The van der Waals surface area contributed by atoms with Crippen LogP contribution in [0.5, 0.6) is 5.75 Å². The second-order valence-electron chi connectivity index (χ2n) is 6.98.